The Morgan fingerprint density at radius 1 is 0.891 bits per heavy atom. The summed E-state index contributed by atoms with van der Waals surface area (Å²) < 4.78 is 80.8. The van der Waals surface area contributed by atoms with Crippen LogP contribution in [-0.2, 0) is 49.5 Å². The normalized spacial score (nSPS) is 12.0. The van der Waals surface area contributed by atoms with Crippen molar-refractivity contribution in [2.24, 2.45) is 0 Å². The summed E-state index contributed by atoms with van der Waals surface area (Å²) in [5.41, 5.74) is 5.70. The Morgan fingerprint density at radius 3 is 1.98 bits per heavy atom. The largest absolute Gasteiger partial charge is 0.493 e. The van der Waals surface area contributed by atoms with E-state index in [0.717, 1.165) is 48.9 Å². The molecule has 3 N–H and O–H groups in total. The number of hydroxylamine groups is 2. The van der Waals surface area contributed by atoms with E-state index < -0.39 is 47.3 Å². The second kappa shape index (κ2) is 27.1. The van der Waals surface area contributed by atoms with Gasteiger partial charge in [0.05, 0.1) is 70.9 Å². The van der Waals surface area contributed by atoms with Crippen molar-refractivity contribution in [3.63, 3.8) is 0 Å². The van der Waals surface area contributed by atoms with Crippen LogP contribution >= 0.6 is 23.4 Å². The predicted molar refractivity (Wildman–Crippen MR) is 194 cm³/mol. The van der Waals surface area contributed by atoms with Crippen molar-refractivity contribution in [3.8, 4) is 0 Å². The number of nitrogen functional groups attached to an aromatic ring is 1. The molecule has 0 fully saturated rings. The van der Waals surface area contributed by atoms with E-state index in [1.165, 1.54) is 30.5 Å². The highest BCUT2D eigenvalue weighted by atomic mass is 35.5. The van der Waals surface area contributed by atoms with Crippen LogP contribution in [0.2, 0.25) is 0 Å². The van der Waals surface area contributed by atoms with Crippen LogP contribution in [0, 0.1) is 5.82 Å². The zero-order valence-electron chi connectivity index (χ0n) is 30.5. The fourth-order valence-corrected chi connectivity index (χ4v) is 5.61. The quantitative estimate of drug-likeness (QED) is 0.0419. The number of thioether (sulfide) groups is 1. The molecular weight excluding hydrogens is 782 g/mol. The van der Waals surface area contributed by atoms with Gasteiger partial charge in [0, 0.05) is 37.9 Å². The SMILES string of the molecule is CC(=O)N(OC(=O)C(F)(F)F)[C@@H](CSc1cn(Cc2ccc(F)cc2)c(=O)nc1N)C(=O)NCCOCCOCCOCCOCCOCCCCCCCl. The number of amides is 2. The van der Waals surface area contributed by atoms with Crippen molar-refractivity contribution < 1.29 is 60.5 Å². The number of aromatic nitrogens is 2. The van der Waals surface area contributed by atoms with Gasteiger partial charge in [-0.1, -0.05) is 25.0 Å². The number of alkyl halides is 4. The first-order valence-electron chi connectivity index (χ1n) is 17.4. The van der Waals surface area contributed by atoms with Crippen LogP contribution in [0.3, 0.4) is 0 Å². The Kier molecular flexibility index (Phi) is 23.5. The van der Waals surface area contributed by atoms with E-state index in [4.69, 9.17) is 41.0 Å². The van der Waals surface area contributed by atoms with Gasteiger partial charge in [0.1, 0.15) is 11.6 Å². The van der Waals surface area contributed by atoms with Crippen LogP contribution in [0.1, 0.15) is 38.2 Å². The minimum atomic E-state index is -5.47. The van der Waals surface area contributed by atoms with Gasteiger partial charge in [0.25, 0.3) is 5.91 Å². The molecule has 0 aliphatic carbocycles. The number of unbranched alkanes of at least 4 members (excludes halogenated alkanes) is 3. The minimum Gasteiger partial charge on any atom is -0.383 e. The average molecular weight is 830 g/mol. The molecule has 1 heterocycles. The fraction of sp³-hybridized carbons (Fsp3) is 0.618. The molecule has 0 aliphatic heterocycles. The van der Waals surface area contributed by atoms with E-state index >= 15 is 0 Å². The molecule has 0 radical (unpaired) electrons. The average Bonchev–Trinajstić information content (AvgIpc) is 3.13. The summed E-state index contributed by atoms with van der Waals surface area (Å²) in [4.78, 5) is 57.8. The van der Waals surface area contributed by atoms with E-state index in [1.54, 1.807) is 0 Å². The van der Waals surface area contributed by atoms with Gasteiger partial charge in [0.15, 0.2) is 6.04 Å². The lowest BCUT2D eigenvalue weighted by atomic mass is 10.2. The number of benzene rings is 1. The number of carbonyl (C=O) groups is 3. The van der Waals surface area contributed by atoms with Crippen LogP contribution in [0.4, 0.5) is 23.4 Å². The van der Waals surface area contributed by atoms with Crippen LogP contribution in [0.15, 0.2) is 40.2 Å². The lowest BCUT2D eigenvalue weighted by molar-refractivity contribution is -0.241. The summed E-state index contributed by atoms with van der Waals surface area (Å²) in [6.07, 6.45) is 0.0425. The molecule has 0 bridgehead atoms. The Hall–Kier alpha value is -3.53. The highest BCUT2D eigenvalue weighted by Gasteiger charge is 2.45. The number of nitrogens with one attached hydrogen (secondary N) is 1. The molecule has 0 aliphatic rings. The van der Waals surface area contributed by atoms with Crippen molar-refractivity contribution in [2.45, 2.75) is 56.3 Å². The van der Waals surface area contributed by atoms with Gasteiger partial charge in [-0.3, -0.25) is 14.2 Å². The molecule has 1 aromatic heterocycles. The number of ether oxygens (including phenoxy) is 5. The summed E-state index contributed by atoms with van der Waals surface area (Å²) in [6, 6.07) is 3.51. The molecule has 2 amide bonds. The zero-order valence-corrected chi connectivity index (χ0v) is 32.1. The number of anilines is 1. The standard InChI is InChI=1S/C34H48ClF4N5O10S/c1-25(45)44(54-32(47)34(37,38)39)28(24-55-29-23-43(33(48)42-30(29)40)22-26-6-8-27(36)9-7-26)31(46)41-11-13-50-15-17-52-19-21-53-20-18-51-16-14-49-12-5-3-2-4-10-35/h6-9,23,28H,2-5,10-22,24H2,1H3,(H,41,46)(H2,40,42,48)/t28-/m0/s1. The maximum absolute atomic E-state index is 13.3. The Morgan fingerprint density at radius 2 is 1.44 bits per heavy atom. The molecule has 2 aromatic rings. The molecule has 0 unspecified atom stereocenters. The number of nitrogens with zero attached hydrogens (tertiary/aromatic N) is 3. The monoisotopic (exact) mass is 829 g/mol. The van der Waals surface area contributed by atoms with Gasteiger partial charge in [-0.25, -0.2) is 14.0 Å². The van der Waals surface area contributed by atoms with Crippen molar-refractivity contribution in [1.82, 2.24) is 19.9 Å². The second-order valence-corrected chi connectivity index (χ2v) is 13.0. The van der Waals surface area contributed by atoms with Crippen LogP contribution < -0.4 is 16.7 Å². The molecular formula is C34H48ClF4N5O10S. The van der Waals surface area contributed by atoms with E-state index in [1.807, 2.05) is 0 Å². The van der Waals surface area contributed by atoms with Gasteiger partial charge >= 0.3 is 17.8 Å². The molecule has 310 valence electrons. The molecule has 0 saturated heterocycles. The first-order chi connectivity index (χ1) is 26.3. The third-order valence-corrected chi connectivity index (χ3v) is 8.54. The van der Waals surface area contributed by atoms with Crippen LogP contribution in [0.25, 0.3) is 0 Å². The zero-order chi connectivity index (χ0) is 40.5. The van der Waals surface area contributed by atoms with Gasteiger partial charge in [-0.05, 0) is 30.5 Å². The smallest absolute Gasteiger partial charge is 0.383 e. The minimum absolute atomic E-state index is 0.0156. The molecule has 55 heavy (non-hydrogen) atoms. The Balaban J connectivity index is 1.78. The molecule has 21 heteroatoms. The van der Waals surface area contributed by atoms with Gasteiger partial charge in [-0.2, -0.15) is 23.2 Å². The summed E-state index contributed by atoms with van der Waals surface area (Å²) >= 11 is 6.40. The Bertz CT molecular complexity index is 1490. The molecule has 1 atom stereocenters. The summed E-state index contributed by atoms with van der Waals surface area (Å²) in [6.45, 7) is 4.10. The molecule has 15 nitrogen and oxygen atoms in total. The predicted octanol–water partition coefficient (Wildman–Crippen LogP) is 3.34. The molecule has 2 rings (SSSR count). The molecule has 0 saturated carbocycles. The second-order valence-electron chi connectivity index (χ2n) is 11.5. The maximum Gasteiger partial charge on any atom is 0.493 e. The van der Waals surface area contributed by atoms with Crippen molar-refractivity contribution in [2.75, 3.05) is 90.0 Å². The van der Waals surface area contributed by atoms with E-state index in [-0.39, 0.29) is 48.7 Å². The Labute approximate surface area is 325 Å². The topological polar surface area (TPSA) is 183 Å². The first kappa shape index (κ1) is 47.6. The first-order valence-corrected chi connectivity index (χ1v) is 18.9. The molecule has 1 aromatic carbocycles. The third-order valence-electron chi connectivity index (χ3n) is 7.16. The van der Waals surface area contributed by atoms with Crippen molar-refractivity contribution in [1.29, 1.82) is 0 Å². The summed E-state index contributed by atoms with van der Waals surface area (Å²) in [7, 11) is 0. The summed E-state index contributed by atoms with van der Waals surface area (Å²) in [5.74, 6) is -5.42. The van der Waals surface area contributed by atoms with Crippen LogP contribution in [0.5, 0.6) is 0 Å². The fourth-order valence-electron chi connectivity index (χ4n) is 4.40. The number of hydrogen-bond acceptors (Lipinski definition) is 13. The number of nitrogens with two attached hydrogens (primary N) is 1. The highest BCUT2D eigenvalue weighted by molar-refractivity contribution is 7.99. The number of halogens is 5. The van der Waals surface area contributed by atoms with Crippen molar-refractivity contribution >= 4 is 47.0 Å². The highest BCUT2D eigenvalue weighted by Crippen LogP contribution is 2.26. The van der Waals surface area contributed by atoms with Gasteiger partial charge in [0.2, 0.25) is 5.91 Å². The van der Waals surface area contributed by atoms with E-state index in [0.29, 0.717) is 57.7 Å². The lowest BCUT2D eigenvalue weighted by Gasteiger charge is -2.28. The number of carbonyl (C=O) groups excluding carboxylic acids is 3. The lowest BCUT2D eigenvalue weighted by Crippen LogP contribution is -2.52. The third kappa shape index (κ3) is 20.3. The summed E-state index contributed by atoms with van der Waals surface area (Å²) in [5, 5.41) is 2.45. The van der Waals surface area contributed by atoms with Crippen molar-refractivity contribution in [3.05, 3.63) is 52.3 Å². The van der Waals surface area contributed by atoms with E-state index in [9.17, 15) is 36.7 Å². The number of hydrogen-bond donors (Lipinski definition) is 2. The maximum atomic E-state index is 13.3. The van der Waals surface area contributed by atoms with Gasteiger partial charge in [-0.15, -0.1) is 23.4 Å². The van der Waals surface area contributed by atoms with Crippen LogP contribution in [-0.4, -0.2) is 129 Å². The molecule has 0 spiro atoms. The van der Waals surface area contributed by atoms with E-state index in [2.05, 4.69) is 15.1 Å². The number of rotatable bonds is 28. The van der Waals surface area contributed by atoms with Gasteiger partial charge < -0.3 is 39.6 Å².